The van der Waals surface area contributed by atoms with E-state index in [0.717, 1.165) is 9.26 Å². The van der Waals surface area contributed by atoms with Crippen LogP contribution >= 0.6 is 22.6 Å². The van der Waals surface area contributed by atoms with Crippen molar-refractivity contribution in [3.63, 3.8) is 0 Å². The number of halogens is 1. The highest BCUT2D eigenvalue weighted by molar-refractivity contribution is 14.1. The maximum atomic E-state index is 10.2. The number of rotatable bonds is 3. The molecular formula is C8H8INO2. The summed E-state index contributed by atoms with van der Waals surface area (Å²) >= 11 is 2.15. The average Bonchev–Trinajstić information content (AvgIpc) is 2.03. The largest absolute Gasteiger partial charge is 0.480 e. The quantitative estimate of drug-likeness (QED) is 0.828. The normalized spacial score (nSPS) is 9.42. The minimum Gasteiger partial charge on any atom is -0.480 e. The first-order valence-corrected chi connectivity index (χ1v) is 4.48. The zero-order valence-corrected chi connectivity index (χ0v) is 8.41. The van der Waals surface area contributed by atoms with Crippen LogP contribution in [-0.2, 0) is 4.79 Å². The van der Waals surface area contributed by atoms with Crippen molar-refractivity contribution in [2.24, 2.45) is 0 Å². The average molecular weight is 277 g/mol. The third-order valence-corrected chi connectivity index (χ3v) is 2.24. The molecule has 0 saturated heterocycles. The second-order valence-corrected chi connectivity index (χ2v) is 3.39. The van der Waals surface area contributed by atoms with Crippen LogP contribution < -0.4 is 5.32 Å². The fourth-order valence-electron chi connectivity index (χ4n) is 0.775. The fourth-order valence-corrected chi connectivity index (χ4v) is 1.35. The van der Waals surface area contributed by atoms with Crippen LogP contribution in [0.15, 0.2) is 24.3 Å². The van der Waals surface area contributed by atoms with E-state index in [9.17, 15) is 4.79 Å². The van der Waals surface area contributed by atoms with Gasteiger partial charge in [0.05, 0.1) is 0 Å². The molecular weight excluding hydrogens is 269 g/mol. The number of nitrogens with one attached hydrogen (secondary N) is 1. The number of aliphatic carboxylic acids is 1. The van der Waals surface area contributed by atoms with Crippen molar-refractivity contribution in [2.75, 3.05) is 11.9 Å². The van der Waals surface area contributed by atoms with Crippen molar-refractivity contribution in [3.05, 3.63) is 27.8 Å². The Hall–Kier alpha value is -0.780. The molecule has 0 unspecified atom stereocenters. The first-order valence-electron chi connectivity index (χ1n) is 3.40. The molecule has 0 fully saturated rings. The minimum atomic E-state index is -0.852. The Morgan fingerprint density at radius 1 is 1.50 bits per heavy atom. The second kappa shape index (κ2) is 4.30. The lowest BCUT2D eigenvalue weighted by molar-refractivity contribution is -0.134. The summed E-state index contributed by atoms with van der Waals surface area (Å²) in [5.74, 6) is -0.852. The third-order valence-electron chi connectivity index (χ3n) is 1.30. The molecule has 0 amide bonds. The molecule has 0 aliphatic heterocycles. The fraction of sp³-hybridized carbons (Fsp3) is 0.125. The van der Waals surface area contributed by atoms with E-state index in [-0.39, 0.29) is 6.54 Å². The second-order valence-electron chi connectivity index (χ2n) is 2.23. The molecule has 12 heavy (non-hydrogen) atoms. The summed E-state index contributed by atoms with van der Waals surface area (Å²) in [5, 5.41) is 11.2. The van der Waals surface area contributed by atoms with Gasteiger partial charge in [0.1, 0.15) is 6.54 Å². The highest BCUT2D eigenvalue weighted by Gasteiger charge is 1.99. The number of benzene rings is 1. The van der Waals surface area contributed by atoms with E-state index >= 15 is 0 Å². The van der Waals surface area contributed by atoms with Gasteiger partial charge in [0.2, 0.25) is 0 Å². The molecule has 1 aromatic carbocycles. The van der Waals surface area contributed by atoms with Gasteiger partial charge < -0.3 is 10.4 Å². The van der Waals surface area contributed by atoms with Crippen LogP contribution in [0.25, 0.3) is 0 Å². The molecule has 0 aliphatic rings. The lowest BCUT2D eigenvalue weighted by Gasteiger charge is -2.04. The van der Waals surface area contributed by atoms with Crippen LogP contribution in [-0.4, -0.2) is 17.6 Å². The van der Waals surface area contributed by atoms with Gasteiger partial charge >= 0.3 is 5.97 Å². The van der Waals surface area contributed by atoms with Gasteiger partial charge in [-0.3, -0.25) is 4.79 Å². The smallest absolute Gasteiger partial charge is 0.322 e. The maximum Gasteiger partial charge on any atom is 0.322 e. The molecule has 4 heteroatoms. The van der Waals surface area contributed by atoms with Gasteiger partial charge in [-0.15, -0.1) is 0 Å². The lowest BCUT2D eigenvalue weighted by Crippen LogP contribution is -2.12. The molecule has 1 aromatic rings. The van der Waals surface area contributed by atoms with Crippen molar-refractivity contribution in [2.45, 2.75) is 0 Å². The summed E-state index contributed by atoms with van der Waals surface area (Å²) in [6.45, 7) is -0.0417. The van der Waals surface area contributed by atoms with Crippen molar-refractivity contribution < 1.29 is 9.90 Å². The van der Waals surface area contributed by atoms with E-state index in [1.54, 1.807) is 0 Å². The Morgan fingerprint density at radius 2 is 2.17 bits per heavy atom. The number of carboxylic acids is 1. The molecule has 64 valence electrons. The summed E-state index contributed by atoms with van der Waals surface area (Å²) < 4.78 is 1.02. The highest BCUT2D eigenvalue weighted by atomic mass is 127. The minimum absolute atomic E-state index is 0.0417. The number of hydrogen-bond donors (Lipinski definition) is 2. The molecule has 0 radical (unpaired) electrons. The Balaban J connectivity index is 2.63. The third kappa shape index (κ3) is 2.69. The Bertz CT molecular complexity index is 288. The van der Waals surface area contributed by atoms with Crippen LogP contribution in [0.5, 0.6) is 0 Å². The van der Waals surface area contributed by atoms with Gasteiger partial charge in [-0.05, 0) is 34.7 Å². The molecule has 0 atom stereocenters. The van der Waals surface area contributed by atoms with Gasteiger partial charge in [0.15, 0.2) is 0 Å². The predicted molar refractivity (Wildman–Crippen MR) is 55.3 cm³/mol. The van der Waals surface area contributed by atoms with Crippen molar-refractivity contribution >= 4 is 34.2 Å². The Morgan fingerprint density at radius 3 is 2.75 bits per heavy atom. The molecule has 0 bridgehead atoms. The monoisotopic (exact) mass is 277 g/mol. The molecule has 1 rings (SSSR count). The Labute approximate surface area is 83.9 Å². The molecule has 0 saturated carbocycles. The zero-order chi connectivity index (χ0) is 8.97. The highest BCUT2D eigenvalue weighted by Crippen LogP contribution is 2.16. The summed E-state index contributed by atoms with van der Waals surface area (Å²) in [7, 11) is 0. The van der Waals surface area contributed by atoms with Crippen molar-refractivity contribution in [1.82, 2.24) is 0 Å². The standard InChI is InChI=1S/C8H8INO2/c9-6-3-1-2-4-7(6)10-5-8(11)12/h1-4,10H,5H2,(H,11,12). The van der Waals surface area contributed by atoms with Crippen LogP contribution in [0.4, 0.5) is 5.69 Å². The number of carbonyl (C=O) groups is 1. The number of para-hydroxylation sites is 1. The van der Waals surface area contributed by atoms with Crippen LogP contribution in [0, 0.1) is 3.57 Å². The summed E-state index contributed by atoms with van der Waals surface area (Å²) in [5.41, 5.74) is 0.862. The zero-order valence-electron chi connectivity index (χ0n) is 6.25. The van der Waals surface area contributed by atoms with Gasteiger partial charge in [-0.2, -0.15) is 0 Å². The van der Waals surface area contributed by atoms with Crippen LogP contribution in [0.1, 0.15) is 0 Å². The van der Waals surface area contributed by atoms with E-state index in [0.29, 0.717) is 0 Å². The summed E-state index contributed by atoms with van der Waals surface area (Å²) in [6.07, 6.45) is 0. The van der Waals surface area contributed by atoms with Crippen LogP contribution in [0.2, 0.25) is 0 Å². The molecule has 0 spiro atoms. The number of carboxylic acid groups (broad SMARTS) is 1. The first-order chi connectivity index (χ1) is 5.70. The lowest BCUT2D eigenvalue weighted by atomic mass is 10.3. The topological polar surface area (TPSA) is 49.3 Å². The molecule has 3 nitrogen and oxygen atoms in total. The van der Waals surface area contributed by atoms with Gasteiger partial charge in [-0.1, -0.05) is 12.1 Å². The van der Waals surface area contributed by atoms with E-state index in [2.05, 4.69) is 27.9 Å². The number of hydrogen-bond acceptors (Lipinski definition) is 2. The molecule has 0 aromatic heterocycles. The van der Waals surface area contributed by atoms with Gasteiger partial charge in [0, 0.05) is 9.26 Å². The van der Waals surface area contributed by atoms with E-state index in [1.165, 1.54) is 0 Å². The van der Waals surface area contributed by atoms with Crippen molar-refractivity contribution in [1.29, 1.82) is 0 Å². The van der Waals surface area contributed by atoms with Gasteiger partial charge in [0.25, 0.3) is 0 Å². The predicted octanol–water partition coefficient (Wildman–Crippen LogP) is 1.79. The van der Waals surface area contributed by atoms with Crippen LogP contribution in [0.3, 0.4) is 0 Å². The molecule has 0 aliphatic carbocycles. The SMILES string of the molecule is O=C(O)CNc1ccccc1I. The summed E-state index contributed by atoms with van der Waals surface area (Å²) in [4.78, 5) is 10.2. The number of anilines is 1. The Kier molecular flexibility index (Phi) is 3.33. The van der Waals surface area contributed by atoms with Gasteiger partial charge in [-0.25, -0.2) is 0 Å². The van der Waals surface area contributed by atoms with E-state index in [1.807, 2.05) is 24.3 Å². The van der Waals surface area contributed by atoms with Crippen molar-refractivity contribution in [3.8, 4) is 0 Å². The maximum absolute atomic E-state index is 10.2. The molecule has 0 heterocycles. The van der Waals surface area contributed by atoms with E-state index in [4.69, 9.17) is 5.11 Å². The molecule has 2 N–H and O–H groups in total. The first kappa shape index (κ1) is 9.31. The summed E-state index contributed by atoms with van der Waals surface area (Å²) in [6, 6.07) is 7.55. The van der Waals surface area contributed by atoms with E-state index < -0.39 is 5.97 Å².